The Hall–Kier alpha value is -3.84. The number of aliphatic hydroxyl groups is 1. The minimum absolute atomic E-state index is 0.0736. The van der Waals surface area contributed by atoms with Crippen LogP contribution < -0.4 is 15.0 Å². The lowest BCUT2D eigenvalue weighted by Gasteiger charge is -2.31. The first-order valence-electron chi connectivity index (χ1n) is 12.6. The first-order chi connectivity index (χ1) is 17.6. The Balaban J connectivity index is 1.16. The molecule has 7 heteroatoms. The Labute approximate surface area is 209 Å². The average molecular weight is 481 g/mol. The predicted octanol–water partition coefficient (Wildman–Crippen LogP) is 4.58. The lowest BCUT2D eigenvalue weighted by molar-refractivity contribution is -0.118. The molecule has 1 spiro atoms. The first kappa shape index (κ1) is 21.4. The van der Waals surface area contributed by atoms with Gasteiger partial charge in [-0.3, -0.25) is 9.89 Å². The maximum absolute atomic E-state index is 13.0. The van der Waals surface area contributed by atoms with E-state index in [0.29, 0.717) is 0 Å². The minimum Gasteiger partial charge on any atom is -0.497 e. The zero-order valence-electron chi connectivity index (χ0n) is 20.1. The highest BCUT2D eigenvalue weighted by molar-refractivity contribution is 6.10. The molecule has 1 unspecified atom stereocenters. The van der Waals surface area contributed by atoms with Crippen molar-refractivity contribution in [1.29, 1.82) is 0 Å². The molecule has 3 aliphatic rings. The molecule has 7 rings (SSSR count). The Bertz CT molecular complexity index is 1490. The number of nitrogens with zero attached hydrogens (tertiary/aromatic N) is 2. The van der Waals surface area contributed by atoms with E-state index in [9.17, 15) is 9.90 Å². The van der Waals surface area contributed by atoms with Crippen LogP contribution in [0.15, 0.2) is 60.7 Å². The van der Waals surface area contributed by atoms with E-state index < -0.39 is 5.41 Å². The van der Waals surface area contributed by atoms with E-state index in [1.165, 1.54) is 5.69 Å². The van der Waals surface area contributed by atoms with Crippen molar-refractivity contribution in [3.8, 4) is 17.0 Å². The molecule has 1 saturated carbocycles. The summed E-state index contributed by atoms with van der Waals surface area (Å²) in [5.41, 5.74) is 6.70. The number of hydrogen-bond acceptors (Lipinski definition) is 5. The fraction of sp³-hybridized carbons (Fsp3) is 0.310. The minimum atomic E-state index is -0.513. The molecule has 2 aliphatic heterocycles. The summed E-state index contributed by atoms with van der Waals surface area (Å²) in [5, 5.41) is 21.8. The van der Waals surface area contributed by atoms with E-state index in [4.69, 9.17) is 4.74 Å². The van der Waals surface area contributed by atoms with Gasteiger partial charge in [0.05, 0.1) is 29.8 Å². The highest BCUT2D eigenvalue weighted by atomic mass is 16.5. The number of amides is 1. The van der Waals surface area contributed by atoms with Gasteiger partial charge in [-0.05, 0) is 66.8 Å². The van der Waals surface area contributed by atoms with Gasteiger partial charge in [0.15, 0.2) is 0 Å². The number of benzene rings is 3. The van der Waals surface area contributed by atoms with Crippen molar-refractivity contribution >= 4 is 28.2 Å². The highest BCUT2D eigenvalue weighted by Crippen LogP contribution is 2.65. The third kappa shape index (κ3) is 3.15. The zero-order valence-corrected chi connectivity index (χ0v) is 20.1. The molecule has 7 nitrogen and oxygen atoms in total. The third-order valence-corrected chi connectivity index (χ3v) is 8.28. The van der Waals surface area contributed by atoms with Gasteiger partial charge in [0.2, 0.25) is 5.91 Å². The van der Waals surface area contributed by atoms with Crippen LogP contribution in [-0.4, -0.2) is 47.5 Å². The number of piperidine rings is 1. The van der Waals surface area contributed by atoms with Gasteiger partial charge >= 0.3 is 0 Å². The number of aliphatic hydroxyl groups excluding tert-OH is 1. The summed E-state index contributed by atoms with van der Waals surface area (Å²) in [6.45, 7) is 1.76. The van der Waals surface area contributed by atoms with E-state index in [1.54, 1.807) is 7.11 Å². The summed E-state index contributed by atoms with van der Waals surface area (Å²) in [7, 11) is 1.65. The summed E-state index contributed by atoms with van der Waals surface area (Å²) >= 11 is 0. The van der Waals surface area contributed by atoms with Crippen LogP contribution in [0.3, 0.4) is 0 Å². The Morgan fingerprint density at radius 1 is 1.06 bits per heavy atom. The summed E-state index contributed by atoms with van der Waals surface area (Å²) in [5.74, 6) is 0.974. The van der Waals surface area contributed by atoms with Crippen molar-refractivity contribution in [1.82, 2.24) is 10.2 Å². The van der Waals surface area contributed by atoms with E-state index in [-0.39, 0.29) is 17.9 Å². The Kier molecular flexibility index (Phi) is 4.66. The molecule has 4 aromatic rings. The molecule has 1 saturated heterocycles. The molecule has 3 N–H and O–H groups in total. The number of H-pyrrole nitrogens is 1. The van der Waals surface area contributed by atoms with E-state index in [1.807, 2.05) is 18.2 Å². The average Bonchev–Trinajstić information content (AvgIpc) is 3.44. The topological polar surface area (TPSA) is 90.5 Å². The van der Waals surface area contributed by atoms with E-state index in [2.05, 4.69) is 62.9 Å². The number of nitrogens with one attached hydrogen (secondary N) is 2. The van der Waals surface area contributed by atoms with Crippen LogP contribution in [-0.2, 0) is 10.2 Å². The van der Waals surface area contributed by atoms with Gasteiger partial charge in [0.1, 0.15) is 5.75 Å². The van der Waals surface area contributed by atoms with Gasteiger partial charge in [0, 0.05) is 41.3 Å². The molecule has 36 heavy (non-hydrogen) atoms. The normalized spacial score (nSPS) is 23.2. The Morgan fingerprint density at radius 2 is 1.86 bits per heavy atom. The van der Waals surface area contributed by atoms with Crippen LogP contribution in [0.4, 0.5) is 11.4 Å². The van der Waals surface area contributed by atoms with Crippen molar-refractivity contribution in [3.63, 3.8) is 0 Å². The number of anilines is 2. The molecule has 1 amide bonds. The second kappa shape index (κ2) is 7.83. The van der Waals surface area contributed by atoms with E-state index >= 15 is 0 Å². The molecule has 0 radical (unpaired) electrons. The van der Waals surface area contributed by atoms with E-state index in [0.717, 1.165) is 77.1 Å². The van der Waals surface area contributed by atoms with Crippen molar-refractivity contribution in [2.45, 2.75) is 36.7 Å². The molecule has 0 bridgehead atoms. The monoisotopic (exact) mass is 480 g/mol. The zero-order chi connectivity index (χ0) is 24.4. The van der Waals surface area contributed by atoms with Crippen LogP contribution in [0.25, 0.3) is 22.2 Å². The highest BCUT2D eigenvalue weighted by Gasteiger charge is 2.65. The summed E-state index contributed by atoms with van der Waals surface area (Å²) in [6.07, 6.45) is 2.25. The standard InChI is InChI=1S/C29H28N4O3/c1-36-21-7-9-25-23(15-21)29(28(35)30-25)16-24(29)18-4-8-22-26(14-18)31-32-27(22)17-2-5-19(6-3-17)33-12-10-20(34)11-13-33/h2-9,14-15,20,24,34H,10-13,16H2,1H3,(H,30,35)(H,31,32)/t24?,29-/m0/s1. The smallest absolute Gasteiger partial charge is 0.235 e. The fourth-order valence-corrected chi connectivity index (χ4v) is 6.13. The number of carbonyl (C=O) groups excluding carboxylic acids is 1. The molecule has 3 aromatic carbocycles. The van der Waals surface area contributed by atoms with Gasteiger partial charge in [0.25, 0.3) is 0 Å². The molecule has 182 valence electrons. The maximum Gasteiger partial charge on any atom is 0.235 e. The van der Waals surface area contributed by atoms with Gasteiger partial charge in [-0.1, -0.05) is 24.3 Å². The van der Waals surface area contributed by atoms with Crippen LogP contribution in [0.5, 0.6) is 5.75 Å². The second-order valence-corrected chi connectivity index (χ2v) is 10.2. The van der Waals surface area contributed by atoms with Crippen molar-refractivity contribution in [2.75, 3.05) is 30.4 Å². The number of methoxy groups -OCH3 is 1. The number of aromatic amines is 1. The van der Waals surface area contributed by atoms with Gasteiger partial charge in [-0.25, -0.2) is 0 Å². The van der Waals surface area contributed by atoms with Gasteiger partial charge < -0.3 is 20.1 Å². The quantitative estimate of drug-likeness (QED) is 0.398. The lowest BCUT2D eigenvalue weighted by Crippen LogP contribution is -2.35. The molecule has 1 aromatic heterocycles. The van der Waals surface area contributed by atoms with Crippen molar-refractivity contribution in [3.05, 3.63) is 71.8 Å². The number of carbonyl (C=O) groups is 1. The fourth-order valence-electron chi connectivity index (χ4n) is 6.13. The number of hydrogen-bond donors (Lipinski definition) is 3. The molecule has 1 aliphatic carbocycles. The van der Waals surface area contributed by atoms with Crippen molar-refractivity contribution < 1.29 is 14.6 Å². The SMILES string of the molecule is COc1ccc2c(c1)[C@]1(CC1c1ccc3c(-c4ccc(N5CCC(O)CC5)cc4)n[nH]c3c1)C(=O)N2. The summed E-state index contributed by atoms with van der Waals surface area (Å²) in [6, 6.07) is 20.7. The molecular formula is C29H28N4O3. The maximum atomic E-state index is 13.0. The van der Waals surface area contributed by atoms with Gasteiger partial charge in [-0.15, -0.1) is 0 Å². The lowest BCUT2D eigenvalue weighted by atomic mass is 9.91. The summed E-state index contributed by atoms with van der Waals surface area (Å²) in [4.78, 5) is 15.3. The number of aromatic nitrogens is 2. The van der Waals surface area contributed by atoms with Crippen LogP contribution in [0.1, 0.15) is 36.3 Å². The number of rotatable bonds is 4. The van der Waals surface area contributed by atoms with Crippen LogP contribution >= 0.6 is 0 Å². The largest absolute Gasteiger partial charge is 0.497 e. The van der Waals surface area contributed by atoms with Crippen LogP contribution in [0, 0.1) is 0 Å². The first-order valence-corrected chi connectivity index (χ1v) is 12.6. The molecule has 2 atom stereocenters. The van der Waals surface area contributed by atoms with Crippen LogP contribution in [0.2, 0.25) is 0 Å². The Morgan fingerprint density at radius 3 is 2.64 bits per heavy atom. The summed E-state index contributed by atoms with van der Waals surface area (Å²) < 4.78 is 5.42. The third-order valence-electron chi connectivity index (χ3n) is 8.28. The molecular weight excluding hydrogens is 452 g/mol. The second-order valence-electron chi connectivity index (χ2n) is 10.2. The molecule has 2 fully saturated rings. The van der Waals surface area contributed by atoms with Crippen molar-refractivity contribution in [2.24, 2.45) is 0 Å². The van der Waals surface area contributed by atoms with Gasteiger partial charge in [-0.2, -0.15) is 5.10 Å². The number of fused-ring (bicyclic) bond motifs is 3. The molecule has 3 heterocycles. The predicted molar refractivity (Wildman–Crippen MR) is 140 cm³/mol. The number of ether oxygens (including phenoxy) is 1.